The van der Waals surface area contributed by atoms with Crippen LogP contribution < -0.4 is 4.72 Å². The summed E-state index contributed by atoms with van der Waals surface area (Å²) in [5.41, 5.74) is 1.51. The monoisotopic (exact) mass is 171 g/mol. The fourth-order valence-corrected chi connectivity index (χ4v) is 1.33. The van der Waals surface area contributed by atoms with Crippen LogP contribution in [-0.2, 0) is 0 Å². The van der Waals surface area contributed by atoms with Gasteiger partial charge in [-0.15, -0.1) is 0 Å². The van der Waals surface area contributed by atoms with Crippen LogP contribution in [0.3, 0.4) is 0 Å². The van der Waals surface area contributed by atoms with Crippen LogP contribution in [0.4, 0.5) is 10.1 Å². The number of benzene rings is 1. The first-order valence-corrected chi connectivity index (χ1v) is 4.52. The second kappa shape index (κ2) is 3.62. The molecule has 11 heavy (non-hydrogen) atoms. The van der Waals surface area contributed by atoms with Crippen LogP contribution in [-0.4, -0.2) is 6.26 Å². The quantitative estimate of drug-likeness (QED) is 0.687. The van der Waals surface area contributed by atoms with Gasteiger partial charge in [0.2, 0.25) is 0 Å². The zero-order valence-corrected chi connectivity index (χ0v) is 7.33. The highest BCUT2D eigenvalue weighted by Crippen LogP contribution is 2.20. The van der Waals surface area contributed by atoms with E-state index >= 15 is 0 Å². The first kappa shape index (κ1) is 8.40. The number of rotatable bonds is 2. The second-order valence-corrected chi connectivity index (χ2v) is 2.85. The van der Waals surface area contributed by atoms with Gasteiger partial charge in [0, 0.05) is 6.26 Å². The Hall–Kier alpha value is -0.700. The Bertz CT molecular complexity index is 230. The van der Waals surface area contributed by atoms with Gasteiger partial charge in [-0.25, -0.2) is 4.39 Å². The van der Waals surface area contributed by atoms with Crippen LogP contribution in [0.15, 0.2) is 18.2 Å². The third-order valence-electron chi connectivity index (χ3n) is 1.43. The highest BCUT2D eigenvalue weighted by molar-refractivity contribution is 7.99. The molecule has 0 aliphatic rings. The molecule has 0 heterocycles. The zero-order chi connectivity index (χ0) is 8.27. The molecular formula is C8H10FNS. The molecule has 0 saturated carbocycles. The lowest BCUT2D eigenvalue weighted by Crippen LogP contribution is -1.92. The number of aryl methyl sites for hydroxylation is 1. The maximum Gasteiger partial charge on any atom is 0.147 e. The summed E-state index contributed by atoms with van der Waals surface area (Å²) in [5, 5.41) is 0. The summed E-state index contributed by atoms with van der Waals surface area (Å²) in [6.07, 6.45) is 1.87. The van der Waals surface area contributed by atoms with Gasteiger partial charge in [0.15, 0.2) is 0 Å². The molecule has 1 rings (SSSR count). The van der Waals surface area contributed by atoms with E-state index in [1.807, 2.05) is 19.2 Å². The van der Waals surface area contributed by atoms with Crippen molar-refractivity contribution >= 4 is 17.6 Å². The van der Waals surface area contributed by atoms with Crippen LogP contribution in [0.25, 0.3) is 0 Å². The van der Waals surface area contributed by atoms with E-state index in [-0.39, 0.29) is 5.82 Å². The van der Waals surface area contributed by atoms with Crippen LogP contribution >= 0.6 is 11.9 Å². The average molecular weight is 171 g/mol. The second-order valence-electron chi connectivity index (χ2n) is 2.24. The predicted octanol–water partition coefficient (Wildman–Crippen LogP) is 2.82. The summed E-state index contributed by atoms with van der Waals surface area (Å²) < 4.78 is 15.8. The molecule has 0 aliphatic heterocycles. The minimum atomic E-state index is -0.195. The maximum absolute atomic E-state index is 13.0. The van der Waals surface area contributed by atoms with Gasteiger partial charge >= 0.3 is 0 Å². The largest absolute Gasteiger partial charge is 0.327 e. The van der Waals surface area contributed by atoms with Gasteiger partial charge in [0.1, 0.15) is 5.82 Å². The number of anilines is 1. The molecule has 3 heteroatoms. The molecule has 60 valence electrons. The lowest BCUT2D eigenvalue weighted by Gasteiger charge is -2.06. The first-order valence-electron chi connectivity index (χ1n) is 3.30. The van der Waals surface area contributed by atoms with Crippen LogP contribution in [0, 0.1) is 12.7 Å². The molecule has 0 radical (unpaired) electrons. The van der Waals surface area contributed by atoms with Crippen molar-refractivity contribution in [3.8, 4) is 0 Å². The highest BCUT2D eigenvalue weighted by atomic mass is 32.2. The van der Waals surface area contributed by atoms with E-state index in [1.54, 1.807) is 6.07 Å². The number of nitrogens with one attached hydrogen (secondary N) is 1. The van der Waals surface area contributed by atoms with E-state index in [2.05, 4.69) is 4.72 Å². The van der Waals surface area contributed by atoms with E-state index in [9.17, 15) is 4.39 Å². The first-order chi connectivity index (χ1) is 5.25. The Labute approximate surface area is 70.1 Å². The molecule has 0 saturated heterocycles. The molecule has 0 bridgehead atoms. The third kappa shape index (κ3) is 1.87. The van der Waals surface area contributed by atoms with Crippen molar-refractivity contribution in [1.29, 1.82) is 0 Å². The van der Waals surface area contributed by atoms with Crippen molar-refractivity contribution < 1.29 is 4.39 Å². The Morgan fingerprint density at radius 3 is 2.73 bits per heavy atom. The molecule has 0 aromatic heterocycles. The van der Waals surface area contributed by atoms with Gasteiger partial charge in [0.05, 0.1) is 5.69 Å². The summed E-state index contributed by atoms with van der Waals surface area (Å²) in [6.45, 7) is 1.88. The topological polar surface area (TPSA) is 12.0 Å². The Morgan fingerprint density at radius 2 is 2.18 bits per heavy atom. The molecule has 1 aromatic carbocycles. The van der Waals surface area contributed by atoms with Gasteiger partial charge in [0.25, 0.3) is 0 Å². The lowest BCUT2D eigenvalue weighted by molar-refractivity contribution is 0.631. The van der Waals surface area contributed by atoms with E-state index < -0.39 is 0 Å². The lowest BCUT2D eigenvalue weighted by atomic mass is 10.2. The SMILES string of the molecule is CSNc1c(C)cccc1F. The standard InChI is InChI=1S/C8H10FNS/c1-6-4-3-5-7(9)8(6)10-11-2/h3-5,10H,1-2H3. The summed E-state index contributed by atoms with van der Waals surface area (Å²) in [6, 6.07) is 5.03. The molecular weight excluding hydrogens is 161 g/mol. The normalized spacial score (nSPS) is 9.73. The zero-order valence-electron chi connectivity index (χ0n) is 6.52. The van der Waals surface area contributed by atoms with Gasteiger partial charge in [-0.1, -0.05) is 24.1 Å². The molecule has 0 amide bonds. The predicted molar refractivity (Wildman–Crippen MR) is 48.3 cm³/mol. The molecule has 0 aliphatic carbocycles. The van der Waals surface area contributed by atoms with Crippen molar-refractivity contribution in [1.82, 2.24) is 0 Å². The molecule has 0 spiro atoms. The molecule has 0 atom stereocenters. The van der Waals surface area contributed by atoms with Crippen molar-refractivity contribution in [3.05, 3.63) is 29.6 Å². The Balaban J connectivity index is 3.00. The Morgan fingerprint density at radius 1 is 1.45 bits per heavy atom. The van der Waals surface area contributed by atoms with Gasteiger partial charge < -0.3 is 4.72 Å². The summed E-state index contributed by atoms with van der Waals surface area (Å²) in [5.74, 6) is -0.195. The molecule has 0 fully saturated rings. The van der Waals surface area contributed by atoms with Gasteiger partial charge in [-0.05, 0) is 18.6 Å². The summed E-state index contributed by atoms with van der Waals surface area (Å²) >= 11 is 1.39. The fraction of sp³-hybridized carbons (Fsp3) is 0.250. The number of hydrogen-bond donors (Lipinski definition) is 1. The smallest absolute Gasteiger partial charge is 0.147 e. The minimum Gasteiger partial charge on any atom is -0.327 e. The van der Waals surface area contributed by atoms with Crippen molar-refractivity contribution in [2.45, 2.75) is 6.92 Å². The number of halogens is 1. The van der Waals surface area contributed by atoms with Gasteiger partial charge in [-0.3, -0.25) is 0 Å². The third-order valence-corrected chi connectivity index (χ3v) is 1.83. The Kier molecular flexibility index (Phi) is 2.76. The average Bonchev–Trinajstić information content (AvgIpc) is 1.97. The summed E-state index contributed by atoms with van der Waals surface area (Å²) in [7, 11) is 0. The molecule has 0 unspecified atom stereocenters. The molecule has 1 N–H and O–H groups in total. The van der Waals surface area contributed by atoms with Crippen LogP contribution in [0.1, 0.15) is 5.56 Å². The number of para-hydroxylation sites is 1. The molecule has 1 nitrogen and oxygen atoms in total. The van der Waals surface area contributed by atoms with Gasteiger partial charge in [-0.2, -0.15) is 0 Å². The van der Waals surface area contributed by atoms with E-state index in [0.717, 1.165) is 5.56 Å². The minimum absolute atomic E-state index is 0.195. The van der Waals surface area contributed by atoms with Crippen LogP contribution in [0.2, 0.25) is 0 Å². The molecule has 1 aromatic rings. The van der Waals surface area contributed by atoms with Crippen molar-refractivity contribution in [3.63, 3.8) is 0 Å². The summed E-state index contributed by atoms with van der Waals surface area (Å²) in [4.78, 5) is 0. The van der Waals surface area contributed by atoms with Crippen molar-refractivity contribution in [2.24, 2.45) is 0 Å². The number of hydrogen-bond acceptors (Lipinski definition) is 2. The van der Waals surface area contributed by atoms with Crippen LogP contribution in [0.5, 0.6) is 0 Å². The van der Waals surface area contributed by atoms with Crippen molar-refractivity contribution in [2.75, 3.05) is 11.0 Å². The fourth-order valence-electron chi connectivity index (χ4n) is 0.863. The highest BCUT2D eigenvalue weighted by Gasteiger charge is 2.01. The van der Waals surface area contributed by atoms with E-state index in [1.165, 1.54) is 18.0 Å². The van der Waals surface area contributed by atoms with E-state index in [4.69, 9.17) is 0 Å². The maximum atomic E-state index is 13.0. The van der Waals surface area contributed by atoms with E-state index in [0.29, 0.717) is 5.69 Å².